The van der Waals surface area contributed by atoms with Gasteiger partial charge in [0.1, 0.15) is 11.6 Å². The number of fused-ring (bicyclic) bond motifs is 3. The Balaban J connectivity index is 1.33. The van der Waals surface area contributed by atoms with Crippen LogP contribution in [0.5, 0.6) is 5.75 Å². The summed E-state index contributed by atoms with van der Waals surface area (Å²) in [6.45, 7) is 4.14. The Labute approximate surface area is 222 Å². The molecule has 3 heterocycles. The van der Waals surface area contributed by atoms with E-state index in [2.05, 4.69) is 53.0 Å². The molecule has 2 aliphatic rings. The first-order valence-electron chi connectivity index (χ1n) is 12.6. The van der Waals surface area contributed by atoms with Crippen molar-refractivity contribution < 1.29 is 9.13 Å². The van der Waals surface area contributed by atoms with Crippen LogP contribution in [0.3, 0.4) is 0 Å². The van der Waals surface area contributed by atoms with Crippen LogP contribution in [0.4, 0.5) is 15.9 Å². The third kappa shape index (κ3) is 4.78. The molecule has 0 spiro atoms. The van der Waals surface area contributed by atoms with Gasteiger partial charge in [0.25, 0.3) is 0 Å². The minimum Gasteiger partial charge on any atom is -0.492 e. The number of hydrogen-bond donors (Lipinski definition) is 1. The van der Waals surface area contributed by atoms with Crippen LogP contribution in [-0.2, 0) is 0 Å². The molecule has 2 fully saturated rings. The van der Waals surface area contributed by atoms with Crippen LogP contribution in [0, 0.1) is 5.82 Å². The summed E-state index contributed by atoms with van der Waals surface area (Å²) in [5, 5.41) is 14.1. The monoisotopic (exact) mass is 571 g/mol. The second-order valence-corrected chi connectivity index (χ2v) is 11.0. The Kier molecular flexibility index (Phi) is 6.75. The van der Waals surface area contributed by atoms with Crippen LogP contribution >= 0.6 is 27.5 Å². The quantitative estimate of drug-likeness (QED) is 0.222. The fourth-order valence-electron chi connectivity index (χ4n) is 5.19. The smallest absolute Gasteiger partial charge is 0.163 e. The van der Waals surface area contributed by atoms with Crippen LogP contribution in [0.1, 0.15) is 44.6 Å². The van der Waals surface area contributed by atoms with Gasteiger partial charge in [0.15, 0.2) is 5.82 Å². The number of hydrogen-bond acceptors (Lipinski definition) is 5. The molecule has 0 radical (unpaired) electrons. The zero-order valence-corrected chi connectivity index (χ0v) is 22.3. The van der Waals surface area contributed by atoms with Crippen molar-refractivity contribution in [3.63, 3.8) is 0 Å². The Bertz CT molecular complexity index is 1420. The molecule has 188 valence electrons. The van der Waals surface area contributed by atoms with Crippen molar-refractivity contribution in [3.05, 3.63) is 51.8 Å². The number of benzene rings is 2. The van der Waals surface area contributed by atoms with Gasteiger partial charge < -0.3 is 19.5 Å². The molecule has 6 nitrogen and oxygen atoms in total. The largest absolute Gasteiger partial charge is 0.492 e. The molecule has 36 heavy (non-hydrogen) atoms. The molecule has 1 saturated heterocycles. The molecule has 0 amide bonds. The molecule has 1 aliphatic heterocycles. The molecule has 0 bridgehead atoms. The number of aromatic nitrogens is 3. The van der Waals surface area contributed by atoms with E-state index in [9.17, 15) is 4.39 Å². The normalized spacial score (nSPS) is 16.6. The maximum atomic E-state index is 13.7. The van der Waals surface area contributed by atoms with Gasteiger partial charge in [-0.25, -0.2) is 4.39 Å². The lowest BCUT2D eigenvalue weighted by Crippen LogP contribution is -2.31. The van der Waals surface area contributed by atoms with Crippen molar-refractivity contribution in [3.8, 4) is 5.75 Å². The molecule has 0 atom stereocenters. The molecule has 6 rings (SSSR count). The third-order valence-corrected chi connectivity index (χ3v) is 8.00. The Morgan fingerprint density at radius 3 is 2.72 bits per heavy atom. The van der Waals surface area contributed by atoms with Crippen molar-refractivity contribution in [2.45, 2.75) is 44.6 Å². The summed E-state index contributed by atoms with van der Waals surface area (Å²) >= 11 is 9.76. The van der Waals surface area contributed by atoms with Gasteiger partial charge in [-0.3, -0.25) is 0 Å². The minimum absolute atomic E-state index is 0.0599. The highest BCUT2D eigenvalue weighted by Gasteiger charge is 2.29. The molecule has 9 heteroatoms. The van der Waals surface area contributed by atoms with Crippen molar-refractivity contribution in [1.82, 2.24) is 19.7 Å². The topological polar surface area (TPSA) is 55.2 Å². The predicted octanol–water partition coefficient (Wildman–Crippen LogP) is 7.47. The highest BCUT2D eigenvalue weighted by atomic mass is 79.9. The molecule has 4 aromatic rings. The van der Waals surface area contributed by atoms with Crippen molar-refractivity contribution in [2.75, 3.05) is 31.6 Å². The van der Waals surface area contributed by atoms with Crippen molar-refractivity contribution in [1.29, 1.82) is 0 Å². The van der Waals surface area contributed by atoms with E-state index >= 15 is 0 Å². The van der Waals surface area contributed by atoms with Gasteiger partial charge in [-0.15, -0.1) is 5.10 Å². The average molecular weight is 573 g/mol. The summed E-state index contributed by atoms with van der Waals surface area (Å²) in [5.74, 6) is 0.977. The lowest BCUT2D eigenvalue weighted by Gasteiger charge is -2.26. The molecule has 2 aromatic carbocycles. The van der Waals surface area contributed by atoms with Crippen LogP contribution in [-0.4, -0.2) is 45.9 Å². The summed E-state index contributed by atoms with van der Waals surface area (Å²) in [4.78, 5) is 2.53. The molecule has 1 N–H and O–H groups in total. The average Bonchev–Trinajstić information content (AvgIpc) is 3.67. The van der Waals surface area contributed by atoms with E-state index in [4.69, 9.17) is 16.3 Å². The lowest BCUT2D eigenvalue weighted by atomic mass is 10.1. The van der Waals surface area contributed by atoms with Gasteiger partial charge in [0.2, 0.25) is 0 Å². The highest BCUT2D eigenvalue weighted by molar-refractivity contribution is 9.10. The summed E-state index contributed by atoms with van der Waals surface area (Å²) in [7, 11) is 0. The SMILES string of the molecule is Fc1ccc(Nc2nncc3c2c2cc(OCCCN4CCCCC4)c(Br)cc2n3C2CC2)cc1Cl. The summed E-state index contributed by atoms with van der Waals surface area (Å²) in [5.41, 5.74) is 2.80. The molecule has 2 aromatic heterocycles. The van der Waals surface area contributed by atoms with Crippen molar-refractivity contribution in [2.24, 2.45) is 0 Å². The Hall–Kier alpha value is -2.42. The standard InChI is InChI=1S/C27H28BrClFN5O/c28-20-15-23-19(14-25(20)36-12-4-11-34-9-2-1-3-10-34)26-24(35(23)18-6-7-18)16-31-33-27(26)32-17-5-8-22(30)21(29)13-17/h5,8,13-16,18H,1-4,6-7,9-12H2,(H,32,33). The van der Waals surface area contributed by atoms with E-state index in [1.54, 1.807) is 12.1 Å². The molecular formula is C27H28BrClFN5O. The predicted molar refractivity (Wildman–Crippen MR) is 146 cm³/mol. The molecule has 1 saturated carbocycles. The number of rotatable bonds is 8. The van der Waals surface area contributed by atoms with E-state index < -0.39 is 5.82 Å². The number of likely N-dealkylation sites (tertiary alicyclic amines) is 1. The number of nitrogens with zero attached hydrogens (tertiary/aromatic N) is 4. The van der Waals surface area contributed by atoms with Crippen LogP contribution in [0.15, 0.2) is 41.0 Å². The number of piperidine rings is 1. The maximum absolute atomic E-state index is 13.7. The second-order valence-electron chi connectivity index (χ2n) is 9.71. The van der Waals surface area contributed by atoms with Gasteiger partial charge in [0, 0.05) is 23.7 Å². The number of anilines is 2. The van der Waals surface area contributed by atoms with Crippen LogP contribution in [0.2, 0.25) is 5.02 Å². The van der Waals surface area contributed by atoms with Crippen LogP contribution in [0.25, 0.3) is 21.8 Å². The molecule has 1 aliphatic carbocycles. The first-order valence-corrected chi connectivity index (χ1v) is 13.8. The fourth-order valence-corrected chi connectivity index (χ4v) is 5.81. The first-order chi connectivity index (χ1) is 17.6. The van der Waals surface area contributed by atoms with E-state index in [-0.39, 0.29) is 5.02 Å². The zero-order chi connectivity index (χ0) is 24.6. The highest BCUT2D eigenvalue weighted by Crippen LogP contribution is 2.46. The number of nitrogens with one attached hydrogen (secondary N) is 1. The van der Waals surface area contributed by atoms with Gasteiger partial charge in [-0.05, 0) is 91.5 Å². The summed E-state index contributed by atoms with van der Waals surface area (Å²) in [6, 6.07) is 9.25. The van der Waals surface area contributed by atoms with Gasteiger partial charge in [0.05, 0.1) is 38.7 Å². The van der Waals surface area contributed by atoms with Gasteiger partial charge >= 0.3 is 0 Å². The second kappa shape index (κ2) is 10.1. The van der Waals surface area contributed by atoms with E-state index in [1.807, 2.05) is 6.20 Å². The van der Waals surface area contributed by atoms with Gasteiger partial charge in [-0.1, -0.05) is 18.0 Å². The number of ether oxygens (including phenoxy) is 1. The minimum atomic E-state index is -0.455. The molecular weight excluding hydrogens is 545 g/mol. The maximum Gasteiger partial charge on any atom is 0.163 e. The lowest BCUT2D eigenvalue weighted by molar-refractivity contribution is 0.204. The van der Waals surface area contributed by atoms with E-state index in [0.717, 1.165) is 57.8 Å². The van der Waals surface area contributed by atoms with E-state index in [1.165, 1.54) is 38.4 Å². The summed E-state index contributed by atoms with van der Waals surface area (Å²) < 4.78 is 23.3. The van der Waals surface area contributed by atoms with Crippen molar-refractivity contribution >= 4 is 60.8 Å². The van der Waals surface area contributed by atoms with Gasteiger partial charge in [-0.2, -0.15) is 5.10 Å². The zero-order valence-electron chi connectivity index (χ0n) is 19.9. The Morgan fingerprint density at radius 1 is 1.11 bits per heavy atom. The summed E-state index contributed by atoms with van der Waals surface area (Å²) in [6.07, 6.45) is 9.06. The third-order valence-electron chi connectivity index (χ3n) is 7.09. The first kappa shape index (κ1) is 23.9. The van der Waals surface area contributed by atoms with E-state index in [0.29, 0.717) is 24.2 Å². The Morgan fingerprint density at radius 2 is 1.94 bits per heavy atom. The fraction of sp³-hybridized carbons (Fsp3) is 0.407. The molecule has 0 unspecified atom stereocenters. The number of halogens is 3. The van der Waals surface area contributed by atoms with Crippen LogP contribution < -0.4 is 10.1 Å².